The van der Waals surface area contributed by atoms with Crippen LogP contribution >= 0.6 is 0 Å². The number of aromatic amines is 1. The highest BCUT2D eigenvalue weighted by Crippen LogP contribution is 2.24. The van der Waals surface area contributed by atoms with Crippen molar-refractivity contribution in [3.8, 4) is 0 Å². The van der Waals surface area contributed by atoms with Crippen LogP contribution in [0.3, 0.4) is 0 Å². The normalized spacial score (nSPS) is 14.4. The molecule has 1 aliphatic carbocycles. The zero-order valence-electron chi connectivity index (χ0n) is 12.4. The van der Waals surface area contributed by atoms with Crippen molar-refractivity contribution in [3.63, 3.8) is 0 Å². The average Bonchev–Trinajstić information content (AvgIpc) is 3.01. The molecule has 0 spiro atoms. The number of aromatic nitrogens is 1. The van der Waals surface area contributed by atoms with Crippen molar-refractivity contribution in [2.75, 3.05) is 0 Å². The molecule has 112 valence electrons. The third-order valence-corrected chi connectivity index (χ3v) is 5.49. The summed E-state index contributed by atoms with van der Waals surface area (Å²) in [6.45, 7) is 4.23. The van der Waals surface area contributed by atoms with Gasteiger partial charge in [0.05, 0.1) is 4.90 Å². The summed E-state index contributed by atoms with van der Waals surface area (Å²) in [4.78, 5) is 3.55. The predicted octanol–water partition coefficient (Wildman–Crippen LogP) is 2.60. The van der Waals surface area contributed by atoms with Gasteiger partial charge >= 0.3 is 0 Å². The molecule has 2 N–H and O–H groups in total. The Bertz CT molecular complexity index is 776. The lowest BCUT2D eigenvalue weighted by molar-refractivity contribution is 0.581. The zero-order chi connectivity index (χ0) is 15.0. The zero-order valence-corrected chi connectivity index (χ0v) is 13.2. The van der Waals surface area contributed by atoms with E-state index in [1.54, 1.807) is 6.07 Å². The molecule has 0 saturated heterocycles. The van der Waals surface area contributed by atoms with E-state index in [0.717, 1.165) is 36.2 Å². The first-order valence-corrected chi connectivity index (χ1v) is 8.70. The molecule has 0 saturated carbocycles. The van der Waals surface area contributed by atoms with Gasteiger partial charge in [-0.05, 0) is 68.0 Å². The Hall–Kier alpha value is -1.59. The molecule has 0 radical (unpaired) electrons. The lowest BCUT2D eigenvalue weighted by atomic mass is 10.1. The lowest BCUT2D eigenvalue weighted by Crippen LogP contribution is -2.23. The molecule has 21 heavy (non-hydrogen) atoms. The van der Waals surface area contributed by atoms with Crippen molar-refractivity contribution in [2.45, 2.75) is 44.6 Å². The monoisotopic (exact) mass is 304 g/mol. The fourth-order valence-electron chi connectivity index (χ4n) is 2.94. The summed E-state index contributed by atoms with van der Waals surface area (Å²) in [6, 6.07) is 7.45. The largest absolute Gasteiger partial charge is 0.362 e. The molecule has 1 aromatic heterocycles. The van der Waals surface area contributed by atoms with Crippen LogP contribution in [0.4, 0.5) is 0 Å². The number of sulfonamides is 1. The first kappa shape index (κ1) is 14.4. The Labute approximate surface area is 125 Å². The number of fused-ring (bicyclic) bond motifs is 1. The topological polar surface area (TPSA) is 62.0 Å². The second-order valence-corrected chi connectivity index (χ2v) is 7.48. The van der Waals surface area contributed by atoms with Crippen molar-refractivity contribution in [1.29, 1.82) is 0 Å². The molecule has 1 aliphatic rings. The number of benzene rings is 1. The predicted molar refractivity (Wildman–Crippen MR) is 82.8 cm³/mol. The van der Waals surface area contributed by atoms with Gasteiger partial charge in [0.2, 0.25) is 10.0 Å². The summed E-state index contributed by atoms with van der Waals surface area (Å²) in [5.41, 5.74) is 5.48. The van der Waals surface area contributed by atoms with Crippen LogP contribution in [0.25, 0.3) is 0 Å². The van der Waals surface area contributed by atoms with Crippen LogP contribution in [0, 0.1) is 13.8 Å². The number of hydrogen-bond donors (Lipinski definition) is 2. The van der Waals surface area contributed by atoms with E-state index in [9.17, 15) is 8.42 Å². The quantitative estimate of drug-likeness (QED) is 0.912. The standard InChI is InChI=1S/C16H20N2O2S/c1-11-8-15(12(2)18-11)10-17-21(19,20)16-7-6-13-4-3-5-14(13)9-16/h6-9,17-18H,3-5,10H2,1-2H3. The summed E-state index contributed by atoms with van der Waals surface area (Å²) in [5.74, 6) is 0. The van der Waals surface area contributed by atoms with Gasteiger partial charge < -0.3 is 4.98 Å². The van der Waals surface area contributed by atoms with E-state index in [-0.39, 0.29) is 0 Å². The molecule has 3 rings (SSSR count). The van der Waals surface area contributed by atoms with E-state index >= 15 is 0 Å². The van der Waals surface area contributed by atoms with Gasteiger partial charge in [-0.15, -0.1) is 0 Å². The fourth-order valence-corrected chi connectivity index (χ4v) is 3.99. The molecule has 0 bridgehead atoms. The molecule has 1 aromatic carbocycles. The molecule has 0 unspecified atom stereocenters. The first-order valence-electron chi connectivity index (χ1n) is 7.22. The molecule has 0 fully saturated rings. The molecular formula is C16H20N2O2S. The van der Waals surface area contributed by atoms with Crippen molar-refractivity contribution < 1.29 is 8.42 Å². The number of H-pyrrole nitrogens is 1. The highest BCUT2D eigenvalue weighted by molar-refractivity contribution is 7.89. The van der Waals surface area contributed by atoms with Gasteiger partial charge in [-0.3, -0.25) is 0 Å². The van der Waals surface area contributed by atoms with E-state index in [2.05, 4.69) is 9.71 Å². The lowest BCUT2D eigenvalue weighted by Gasteiger charge is -2.08. The van der Waals surface area contributed by atoms with Crippen LogP contribution in [-0.4, -0.2) is 13.4 Å². The summed E-state index contributed by atoms with van der Waals surface area (Å²) >= 11 is 0. The van der Waals surface area contributed by atoms with Gasteiger partial charge in [0.1, 0.15) is 0 Å². The summed E-state index contributed by atoms with van der Waals surface area (Å²) in [7, 11) is -3.45. The van der Waals surface area contributed by atoms with Crippen LogP contribution in [0.1, 0.15) is 34.5 Å². The second-order valence-electron chi connectivity index (χ2n) is 5.71. The van der Waals surface area contributed by atoms with Gasteiger partial charge in [-0.25, -0.2) is 13.1 Å². The van der Waals surface area contributed by atoms with Crippen LogP contribution < -0.4 is 4.72 Å². The fraction of sp³-hybridized carbons (Fsp3) is 0.375. The van der Waals surface area contributed by atoms with Crippen molar-refractivity contribution >= 4 is 10.0 Å². The van der Waals surface area contributed by atoms with Gasteiger partial charge in [0.25, 0.3) is 0 Å². The Morgan fingerprint density at radius 3 is 2.62 bits per heavy atom. The number of rotatable bonds is 4. The third kappa shape index (κ3) is 2.89. The molecule has 0 amide bonds. The molecule has 4 nitrogen and oxygen atoms in total. The van der Waals surface area contributed by atoms with Crippen LogP contribution in [0.2, 0.25) is 0 Å². The van der Waals surface area contributed by atoms with E-state index < -0.39 is 10.0 Å². The summed E-state index contributed by atoms with van der Waals surface area (Å²) in [6.07, 6.45) is 3.16. The minimum Gasteiger partial charge on any atom is -0.362 e. The van der Waals surface area contributed by atoms with Gasteiger partial charge in [-0.1, -0.05) is 6.07 Å². The first-order chi connectivity index (χ1) is 9.95. The average molecular weight is 304 g/mol. The molecule has 1 heterocycles. The Kier molecular flexibility index (Phi) is 3.63. The van der Waals surface area contributed by atoms with Gasteiger partial charge in [0, 0.05) is 17.9 Å². The number of nitrogens with one attached hydrogen (secondary N) is 2. The van der Waals surface area contributed by atoms with Gasteiger partial charge in [0.15, 0.2) is 0 Å². The van der Waals surface area contributed by atoms with E-state index in [1.165, 1.54) is 11.1 Å². The molecule has 0 aliphatic heterocycles. The van der Waals surface area contributed by atoms with Crippen molar-refractivity contribution in [2.24, 2.45) is 0 Å². The van der Waals surface area contributed by atoms with Crippen LogP contribution in [0.15, 0.2) is 29.2 Å². The minimum atomic E-state index is -3.45. The number of aryl methyl sites for hydroxylation is 4. The maximum absolute atomic E-state index is 12.4. The summed E-state index contributed by atoms with van der Waals surface area (Å²) < 4.78 is 27.5. The smallest absolute Gasteiger partial charge is 0.240 e. The van der Waals surface area contributed by atoms with E-state index in [0.29, 0.717) is 11.4 Å². The van der Waals surface area contributed by atoms with E-state index in [1.807, 2.05) is 32.0 Å². The van der Waals surface area contributed by atoms with Crippen molar-refractivity contribution in [1.82, 2.24) is 9.71 Å². The Morgan fingerprint density at radius 1 is 1.14 bits per heavy atom. The molecule has 2 aromatic rings. The van der Waals surface area contributed by atoms with Crippen LogP contribution in [-0.2, 0) is 29.4 Å². The molecule has 0 atom stereocenters. The SMILES string of the molecule is Cc1cc(CNS(=O)(=O)c2ccc3c(c2)CCC3)c(C)[nH]1. The third-order valence-electron chi connectivity index (χ3n) is 4.09. The van der Waals surface area contributed by atoms with E-state index in [4.69, 9.17) is 0 Å². The summed E-state index contributed by atoms with van der Waals surface area (Å²) in [5, 5.41) is 0. The van der Waals surface area contributed by atoms with Crippen molar-refractivity contribution in [3.05, 3.63) is 52.3 Å². The maximum atomic E-state index is 12.4. The minimum absolute atomic E-state index is 0.315. The molecular weight excluding hydrogens is 284 g/mol. The highest BCUT2D eigenvalue weighted by Gasteiger charge is 2.18. The van der Waals surface area contributed by atoms with Crippen LogP contribution in [0.5, 0.6) is 0 Å². The second kappa shape index (κ2) is 5.31. The Balaban J connectivity index is 1.79. The Morgan fingerprint density at radius 2 is 1.90 bits per heavy atom. The highest BCUT2D eigenvalue weighted by atomic mass is 32.2. The maximum Gasteiger partial charge on any atom is 0.240 e. The van der Waals surface area contributed by atoms with Gasteiger partial charge in [-0.2, -0.15) is 0 Å². The number of hydrogen-bond acceptors (Lipinski definition) is 2. The molecule has 5 heteroatoms.